The van der Waals surface area contributed by atoms with Gasteiger partial charge in [0, 0.05) is 23.1 Å². The number of aryl methyl sites for hydroxylation is 1. The van der Waals surface area contributed by atoms with Gasteiger partial charge in [-0.2, -0.15) is 0 Å². The summed E-state index contributed by atoms with van der Waals surface area (Å²) in [5, 5.41) is 9.21. The summed E-state index contributed by atoms with van der Waals surface area (Å²) in [4.78, 5) is 16.2. The van der Waals surface area contributed by atoms with E-state index in [1.165, 1.54) is 0 Å². The van der Waals surface area contributed by atoms with Crippen LogP contribution in [0.1, 0.15) is 36.3 Å². The molecule has 4 nitrogen and oxygen atoms in total. The standard InChI is InChI=1S/C30H25NO3/c32-27(33)20-19-21-11-7-8-16-24(21)25-17-9-10-18-26(25)30-31-28(22-12-3-1-4-13-22)29(34-30)23-14-5-2-6-15-23/h1-8,10-16,18H,9,17,19-20H2,(H,32,33). The third kappa shape index (κ3) is 4.48. The Morgan fingerprint density at radius 1 is 0.882 bits per heavy atom. The van der Waals surface area contributed by atoms with Crippen molar-refractivity contribution < 1.29 is 14.3 Å². The van der Waals surface area contributed by atoms with E-state index in [1.54, 1.807) is 0 Å². The molecule has 0 spiro atoms. The number of benzene rings is 3. The third-order valence-electron chi connectivity index (χ3n) is 6.06. The first-order valence-electron chi connectivity index (χ1n) is 11.5. The van der Waals surface area contributed by atoms with E-state index in [9.17, 15) is 9.90 Å². The number of carbonyl (C=O) groups is 1. The molecule has 5 rings (SSSR count). The first-order chi connectivity index (χ1) is 16.7. The lowest BCUT2D eigenvalue weighted by atomic mass is 9.87. The van der Waals surface area contributed by atoms with Gasteiger partial charge in [0.25, 0.3) is 0 Å². The molecule has 1 aliphatic carbocycles. The van der Waals surface area contributed by atoms with Gasteiger partial charge < -0.3 is 9.52 Å². The maximum absolute atomic E-state index is 11.2. The van der Waals surface area contributed by atoms with Gasteiger partial charge >= 0.3 is 5.97 Å². The third-order valence-corrected chi connectivity index (χ3v) is 6.06. The van der Waals surface area contributed by atoms with Crippen LogP contribution >= 0.6 is 0 Å². The monoisotopic (exact) mass is 447 g/mol. The predicted octanol–water partition coefficient (Wildman–Crippen LogP) is 7.29. The molecule has 1 aliphatic rings. The van der Waals surface area contributed by atoms with Gasteiger partial charge in [-0.05, 0) is 36.0 Å². The summed E-state index contributed by atoms with van der Waals surface area (Å²) in [5.74, 6) is 0.531. The molecule has 0 atom stereocenters. The quantitative estimate of drug-likeness (QED) is 0.323. The zero-order valence-electron chi connectivity index (χ0n) is 18.8. The maximum atomic E-state index is 11.2. The van der Waals surface area contributed by atoms with Crippen LogP contribution in [0.3, 0.4) is 0 Å². The fraction of sp³-hybridized carbons (Fsp3) is 0.133. The van der Waals surface area contributed by atoms with E-state index in [0.29, 0.717) is 12.3 Å². The van der Waals surface area contributed by atoms with Crippen LogP contribution in [0.5, 0.6) is 0 Å². The highest BCUT2D eigenvalue weighted by atomic mass is 16.4. The number of hydrogen-bond acceptors (Lipinski definition) is 3. The normalized spacial score (nSPS) is 13.3. The van der Waals surface area contributed by atoms with Crippen molar-refractivity contribution in [2.24, 2.45) is 0 Å². The Morgan fingerprint density at radius 3 is 2.29 bits per heavy atom. The second kappa shape index (κ2) is 9.75. The summed E-state index contributed by atoms with van der Waals surface area (Å²) in [6, 6.07) is 28.2. The van der Waals surface area contributed by atoms with E-state index in [-0.39, 0.29) is 6.42 Å². The second-order valence-corrected chi connectivity index (χ2v) is 8.31. The molecule has 0 bridgehead atoms. The molecular weight excluding hydrogens is 422 g/mol. The number of aromatic nitrogens is 1. The highest BCUT2D eigenvalue weighted by molar-refractivity contribution is 5.96. The number of carboxylic acid groups (broad SMARTS) is 1. The van der Waals surface area contributed by atoms with Crippen molar-refractivity contribution in [3.63, 3.8) is 0 Å². The Morgan fingerprint density at radius 2 is 1.56 bits per heavy atom. The summed E-state index contributed by atoms with van der Waals surface area (Å²) in [6.07, 6.45) is 6.59. The Bertz CT molecular complexity index is 1310. The highest BCUT2D eigenvalue weighted by Gasteiger charge is 2.23. The van der Waals surface area contributed by atoms with Crippen molar-refractivity contribution in [1.29, 1.82) is 0 Å². The van der Waals surface area contributed by atoms with Crippen LogP contribution in [0.25, 0.3) is 33.7 Å². The van der Waals surface area contributed by atoms with Crippen LogP contribution in [-0.2, 0) is 11.2 Å². The molecule has 34 heavy (non-hydrogen) atoms. The number of oxazole rings is 1. The van der Waals surface area contributed by atoms with Crippen molar-refractivity contribution in [2.45, 2.75) is 25.7 Å². The number of allylic oxidation sites excluding steroid dienone is 4. The Labute approximate surface area is 198 Å². The fourth-order valence-corrected chi connectivity index (χ4v) is 4.43. The molecule has 0 saturated carbocycles. The smallest absolute Gasteiger partial charge is 0.303 e. The molecule has 4 heteroatoms. The average Bonchev–Trinajstić information content (AvgIpc) is 3.34. The number of rotatable bonds is 7. The largest absolute Gasteiger partial charge is 0.481 e. The van der Waals surface area contributed by atoms with E-state index in [4.69, 9.17) is 9.40 Å². The summed E-state index contributed by atoms with van der Waals surface area (Å²) in [7, 11) is 0. The van der Waals surface area contributed by atoms with Crippen LogP contribution in [0.4, 0.5) is 0 Å². The molecule has 3 aromatic carbocycles. The Kier molecular flexibility index (Phi) is 6.21. The zero-order valence-corrected chi connectivity index (χ0v) is 18.8. The molecule has 1 heterocycles. The van der Waals surface area contributed by atoms with Crippen molar-refractivity contribution in [2.75, 3.05) is 0 Å². The number of nitrogens with zero attached hydrogens (tertiary/aromatic N) is 1. The Hall–Kier alpha value is -4.18. The highest BCUT2D eigenvalue weighted by Crippen LogP contribution is 2.40. The first kappa shape index (κ1) is 21.7. The molecule has 0 radical (unpaired) electrons. The molecule has 1 N–H and O–H groups in total. The number of aliphatic carboxylic acids is 1. The molecular formula is C30H25NO3. The van der Waals surface area contributed by atoms with Gasteiger partial charge in [-0.3, -0.25) is 4.79 Å². The van der Waals surface area contributed by atoms with Gasteiger partial charge in [0.1, 0.15) is 5.69 Å². The van der Waals surface area contributed by atoms with Gasteiger partial charge in [0.05, 0.1) is 0 Å². The summed E-state index contributed by atoms with van der Waals surface area (Å²) in [5.41, 5.74) is 6.99. The molecule has 0 fully saturated rings. The van der Waals surface area contributed by atoms with Crippen LogP contribution < -0.4 is 0 Å². The second-order valence-electron chi connectivity index (χ2n) is 8.31. The minimum Gasteiger partial charge on any atom is -0.481 e. The lowest BCUT2D eigenvalue weighted by molar-refractivity contribution is -0.136. The minimum absolute atomic E-state index is 0.102. The summed E-state index contributed by atoms with van der Waals surface area (Å²) >= 11 is 0. The zero-order chi connectivity index (χ0) is 23.3. The summed E-state index contributed by atoms with van der Waals surface area (Å²) in [6.45, 7) is 0. The summed E-state index contributed by atoms with van der Waals surface area (Å²) < 4.78 is 6.47. The van der Waals surface area contributed by atoms with Crippen LogP contribution in [0, 0.1) is 0 Å². The molecule has 1 aromatic heterocycles. The maximum Gasteiger partial charge on any atom is 0.303 e. The van der Waals surface area contributed by atoms with Gasteiger partial charge in [-0.1, -0.05) is 97.1 Å². The van der Waals surface area contributed by atoms with Crippen molar-refractivity contribution >= 4 is 17.1 Å². The lowest BCUT2D eigenvalue weighted by Crippen LogP contribution is -2.02. The molecule has 0 unspecified atom stereocenters. The molecule has 0 aliphatic heterocycles. The molecule has 4 aromatic rings. The molecule has 0 saturated heterocycles. The first-order valence-corrected chi connectivity index (χ1v) is 11.5. The SMILES string of the molecule is O=C(O)CCc1ccccc1C1=C(c2nc(-c3ccccc3)c(-c3ccccc3)o2)C=CCC1. The van der Waals surface area contributed by atoms with Crippen molar-refractivity contribution in [3.8, 4) is 22.6 Å². The number of hydrogen-bond donors (Lipinski definition) is 1. The van der Waals surface area contributed by atoms with Gasteiger partial charge in [0.2, 0.25) is 5.89 Å². The van der Waals surface area contributed by atoms with Crippen molar-refractivity contribution in [1.82, 2.24) is 4.98 Å². The van der Waals surface area contributed by atoms with Crippen LogP contribution in [-0.4, -0.2) is 16.1 Å². The average molecular weight is 448 g/mol. The van der Waals surface area contributed by atoms with E-state index < -0.39 is 5.97 Å². The van der Waals surface area contributed by atoms with E-state index in [1.807, 2.05) is 78.9 Å². The van der Waals surface area contributed by atoms with Crippen LogP contribution in [0.2, 0.25) is 0 Å². The van der Waals surface area contributed by atoms with E-state index in [0.717, 1.165) is 57.7 Å². The molecule has 0 amide bonds. The minimum atomic E-state index is -0.791. The van der Waals surface area contributed by atoms with E-state index >= 15 is 0 Å². The van der Waals surface area contributed by atoms with Gasteiger partial charge in [-0.25, -0.2) is 4.98 Å². The Balaban J connectivity index is 1.66. The van der Waals surface area contributed by atoms with Gasteiger partial charge in [0.15, 0.2) is 5.76 Å². The van der Waals surface area contributed by atoms with Crippen molar-refractivity contribution in [3.05, 3.63) is 114 Å². The molecule has 168 valence electrons. The van der Waals surface area contributed by atoms with Gasteiger partial charge in [-0.15, -0.1) is 0 Å². The lowest BCUT2D eigenvalue weighted by Gasteiger charge is -2.17. The van der Waals surface area contributed by atoms with E-state index in [2.05, 4.69) is 18.2 Å². The fourth-order valence-electron chi connectivity index (χ4n) is 4.43. The topological polar surface area (TPSA) is 63.3 Å². The predicted molar refractivity (Wildman–Crippen MR) is 135 cm³/mol. The number of carboxylic acids is 1. The van der Waals surface area contributed by atoms with Crippen LogP contribution in [0.15, 0.2) is 101 Å².